The number of nitrogens with zero attached hydrogens (tertiary/aromatic N) is 3. The van der Waals surface area contributed by atoms with Gasteiger partial charge in [0, 0.05) is 56.9 Å². The van der Waals surface area contributed by atoms with E-state index >= 15 is 0 Å². The van der Waals surface area contributed by atoms with Crippen molar-refractivity contribution in [3.8, 4) is 0 Å². The molecule has 0 saturated carbocycles. The van der Waals surface area contributed by atoms with Crippen molar-refractivity contribution in [2.45, 2.75) is 26.9 Å². The molecule has 136 valence electrons. The van der Waals surface area contributed by atoms with Gasteiger partial charge < -0.3 is 14.6 Å². The molecule has 1 unspecified atom stereocenters. The van der Waals surface area contributed by atoms with E-state index in [0.717, 1.165) is 29.6 Å². The zero-order valence-corrected chi connectivity index (χ0v) is 15.7. The molecule has 1 N–H and O–H groups in total. The number of β-amino-alcohol motifs (C(OH)–C–C–N with tert-alkyl or cyclic N) is 1. The zero-order chi connectivity index (χ0) is 18.2. The zero-order valence-electron chi connectivity index (χ0n) is 15.7. The third kappa shape index (κ3) is 3.72. The van der Waals surface area contributed by atoms with E-state index in [4.69, 9.17) is 0 Å². The number of rotatable bonds is 3. The van der Waals surface area contributed by atoms with E-state index in [1.54, 1.807) is 0 Å². The predicted molar refractivity (Wildman–Crippen MR) is 101 cm³/mol. The Balaban J connectivity index is 1.66. The normalized spacial score (nSPS) is 17.9. The Morgan fingerprint density at radius 1 is 1.16 bits per heavy atom. The molecule has 5 heteroatoms. The van der Waals surface area contributed by atoms with Crippen molar-refractivity contribution in [1.82, 2.24) is 14.4 Å². The molecule has 3 rings (SSSR count). The van der Waals surface area contributed by atoms with Crippen molar-refractivity contribution in [3.05, 3.63) is 36.0 Å². The highest BCUT2D eigenvalue weighted by molar-refractivity contribution is 6.07. The fourth-order valence-corrected chi connectivity index (χ4v) is 3.33. The second kappa shape index (κ2) is 6.81. The van der Waals surface area contributed by atoms with E-state index in [-0.39, 0.29) is 17.4 Å². The summed E-state index contributed by atoms with van der Waals surface area (Å²) in [6, 6.07) is 8.03. The molecule has 25 heavy (non-hydrogen) atoms. The highest BCUT2D eigenvalue weighted by Crippen LogP contribution is 2.23. The number of benzene rings is 1. The summed E-state index contributed by atoms with van der Waals surface area (Å²) in [5.74, 6) is 0.104. The van der Waals surface area contributed by atoms with Gasteiger partial charge in [-0.2, -0.15) is 0 Å². The summed E-state index contributed by atoms with van der Waals surface area (Å²) < 4.78 is 2.01. The van der Waals surface area contributed by atoms with Gasteiger partial charge in [-0.15, -0.1) is 0 Å². The van der Waals surface area contributed by atoms with Crippen LogP contribution in [0.3, 0.4) is 0 Å². The first-order valence-corrected chi connectivity index (χ1v) is 9.01. The summed E-state index contributed by atoms with van der Waals surface area (Å²) in [6.45, 7) is 9.86. The first kappa shape index (κ1) is 18.0. The molecule has 1 aromatic heterocycles. The van der Waals surface area contributed by atoms with Crippen molar-refractivity contribution in [1.29, 1.82) is 0 Å². The number of aliphatic hydroxyl groups is 1. The van der Waals surface area contributed by atoms with Crippen LogP contribution in [0.1, 0.15) is 31.1 Å². The lowest BCUT2D eigenvalue weighted by molar-refractivity contribution is 0.0137. The highest BCUT2D eigenvalue weighted by Gasteiger charge is 2.28. The van der Waals surface area contributed by atoms with Gasteiger partial charge in [0.1, 0.15) is 0 Å². The Bertz CT molecular complexity index is 752. The first-order chi connectivity index (χ1) is 11.8. The van der Waals surface area contributed by atoms with E-state index in [0.29, 0.717) is 19.6 Å². The minimum atomic E-state index is -0.354. The van der Waals surface area contributed by atoms with E-state index in [1.165, 1.54) is 0 Å². The molecule has 1 fully saturated rings. The third-order valence-electron chi connectivity index (χ3n) is 5.22. The number of amides is 1. The Labute approximate surface area is 149 Å². The lowest BCUT2D eigenvalue weighted by Gasteiger charge is -2.38. The fraction of sp³-hybridized carbons (Fsp3) is 0.550. The quantitative estimate of drug-likeness (QED) is 0.931. The SMILES string of the molecule is Cn1cc(C(=O)N2CCN(CC(O)C(C)(C)C)CC2)c2ccccc21. The van der Waals surface area contributed by atoms with Crippen LogP contribution in [0, 0.1) is 5.41 Å². The maximum absolute atomic E-state index is 13.0. The number of hydrogen-bond acceptors (Lipinski definition) is 3. The van der Waals surface area contributed by atoms with Crippen molar-refractivity contribution < 1.29 is 9.90 Å². The minimum Gasteiger partial charge on any atom is -0.391 e. The topological polar surface area (TPSA) is 48.7 Å². The molecule has 1 saturated heterocycles. The van der Waals surface area contributed by atoms with Crippen LogP contribution in [0.4, 0.5) is 0 Å². The average Bonchev–Trinajstić information content (AvgIpc) is 2.91. The number of aromatic nitrogens is 1. The average molecular weight is 343 g/mol. The predicted octanol–water partition coefficient (Wildman–Crippen LogP) is 2.34. The summed E-state index contributed by atoms with van der Waals surface area (Å²) in [4.78, 5) is 17.1. The summed E-state index contributed by atoms with van der Waals surface area (Å²) in [7, 11) is 1.98. The van der Waals surface area contributed by atoms with Gasteiger partial charge in [0.15, 0.2) is 0 Å². The van der Waals surface area contributed by atoms with E-state index < -0.39 is 0 Å². The van der Waals surface area contributed by atoms with Crippen LogP contribution >= 0.6 is 0 Å². The Kier molecular flexibility index (Phi) is 4.89. The second-order valence-electron chi connectivity index (χ2n) is 8.15. The first-order valence-electron chi connectivity index (χ1n) is 9.01. The largest absolute Gasteiger partial charge is 0.391 e. The molecule has 1 aliphatic heterocycles. The van der Waals surface area contributed by atoms with Crippen LogP contribution in [0.25, 0.3) is 10.9 Å². The van der Waals surface area contributed by atoms with Gasteiger partial charge in [0.05, 0.1) is 11.7 Å². The molecule has 1 atom stereocenters. The molecule has 2 heterocycles. The number of para-hydroxylation sites is 1. The van der Waals surface area contributed by atoms with Crippen molar-refractivity contribution in [2.24, 2.45) is 12.5 Å². The molecule has 5 nitrogen and oxygen atoms in total. The molecule has 1 amide bonds. The van der Waals surface area contributed by atoms with Crippen LogP contribution in [-0.4, -0.2) is 64.2 Å². The Hall–Kier alpha value is -1.85. The number of fused-ring (bicyclic) bond motifs is 1. The maximum atomic E-state index is 13.0. The smallest absolute Gasteiger partial charge is 0.256 e. The number of aryl methyl sites for hydroxylation is 1. The van der Waals surface area contributed by atoms with Gasteiger partial charge in [0.25, 0.3) is 5.91 Å². The van der Waals surface area contributed by atoms with E-state index in [1.807, 2.05) is 47.0 Å². The standard InChI is InChI=1S/C20H29N3O2/c1-20(2,3)18(24)14-22-9-11-23(12-10-22)19(25)16-13-21(4)17-8-6-5-7-15(16)17/h5-8,13,18,24H,9-12,14H2,1-4H3. The summed E-state index contributed by atoms with van der Waals surface area (Å²) in [5, 5.41) is 11.3. The van der Waals surface area contributed by atoms with Crippen molar-refractivity contribution in [2.75, 3.05) is 32.7 Å². The van der Waals surface area contributed by atoms with Crippen LogP contribution < -0.4 is 0 Å². The Morgan fingerprint density at radius 3 is 2.44 bits per heavy atom. The summed E-state index contributed by atoms with van der Waals surface area (Å²) in [6.07, 6.45) is 1.58. The van der Waals surface area contributed by atoms with Gasteiger partial charge >= 0.3 is 0 Å². The number of piperazine rings is 1. The van der Waals surface area contributed by atoms with Gasteiger partial charge in [-0.25, -0.2) is 0 Å². The third-order valence-corrected chi connectivity index (χ3v) is 5.22. The lowest BCUT2D eigenvalue weighted by Crippen LogP contribution is -2.51. The van der Waals surface area contributed by atoms with Crippen LogP contribution in [0.5, 0.6) is 0 Å². The molecule has 0 bridgehead atoms. The number of aliphatic hydroxyl groups excluding tert-OH is 1. The highest BCUT2D eigenvalue weighted by atomic mass is 16.3. The number of hydrogen-bond donors (Lipinski definition) is 1. The Morgan fingerprint density at radius 2 is 1.80 bits per heavy atom. The summed E-state index contributed by atoms with van der Waals surface area (Å²) >= 11 is 0. The fourth-order valence-electron chi connectivity index (χ4n) is 3.33. The molecule has 1 aliphatic rings. The lowest BCUT2D eigenvalue weighted by atomic mass is 9.89. The molecule has 0 aliphatic carbocycles. The van der Waals surface area contributed by atoms with Gasteiger partial charge in [-0.05, 0) is 11.5 Å². The van der Waals surface area contributed by atoms with Gasteiger partial charge in [-0.1, -0.05) is 39.0 Å². The summed E-state index contributed by atoms with van der Waals surface area (Å²) in [5.41, 5.74) is 1.75. The molecular weight excluding hydrogens is 314 g/mol. The maximum Gasteiger partial charge on any atom is 0.256 e. The molecule has 1 aromatic carbocycles. The van der Waals surface area contributed by atoms with Crippen molar-refractivity contribution >= 4 is 16.8 Å². The van der Waals surface area contributed by atoms with Crippen LogP contribution in [0.15, 0.2) is 30.5 Å². The van der Waals surface area contributed by atoms with Crippen LogP contribution in [-0.2, 0) is 7.05 Å². The molecule has 2 aromatic rings. The minimum absolute atomic E-state index is 0.104. The monoisotopic (exact) mass is 343 g/mol. The molecule has 0 radical (unpaired) electrons. The van der Waals surface area contributed by atoms with Gasteiger partial charge in [0.2, 0.25) is 0 Å². The second-order valence-corrected chi connectivity index (χ2v) is 8.15. The van der Waals surface area contributed by atoms with E-state index in [2.05, 4.69) is 25.7 Å². The van der Waals surface area contributed by atoms with Gasteiger partial charge in [-0.3, -0.25) is 9.69 Å². The molecular formula is C20H29N3O2. The number of carbonyl (C=O) groups excluding carboxylic acids is 1. The van der Waals surface area contributed by atoms with Crippen molar-refractivity contribution in [3.63, 3.8) is 0 Å². The van der Waals surface area contributed by atoms with E-state index in [9.17, 15) is 9.90 Å². The molecule has 0 spiro atoms. The van der Waals surface area contributed by atoms with Crippen LogP contribution in [0.2, 0.25) is 0 Å². The number of carbonyl (C=O) groups is 1.